The van der Waals surface area contributed by atoms with Gasteiger partial charge in [0.2, 0.25) is 0 Å². The molecule has 0 atom stereocenters. The minimum atomic E-state index is -0.0858. The van der Waals surface area contributed by atoms with Crippen LogP contribution in [0.1, 0.15) is 95.5 Å². The van der Waals surface area contributed by atoms with Gasteiger partial charge in [0.1, 0.15) is 0 Å². The average Bonchev–Trinajstić information content (AvgIpc) is 3.47. The topological polar surface area (TPSA) is 102 Å². The first-order valence-electron chi connectivity index (χ1n) is 24.2. The van der Waals surface area contributed by atoms with E-state index < -0.39 is 0 Å². The third-order valence-corrected chi connectivity index (χ3v) is 14.1. The predicted octanol–water partition coefficient (Wildman–Crippen LogP) is 14.7. The largest absolute Gasteiger partial charge is 0.289 e. The van der Waals surface area contributed by atoms with Crippen molar-refractivity contribution in [2.75, 3.05) is 0 Å². The fourth-order valence-electron chi connectivity index (χ4n) is 10.3. The van der Waals surface area contributed by atoms with Crippen LogP contribution in [0.2, 0.25) is 0 Å². The number of hydrogen-bond donors (Lipinski definition) is 0. The van der Waals surface area contributed by atoms with E-state index in [0.717, 1.165) is 49.5 Å². The van der Waals surface area contributed by atoms with Gasteiger partial charge in [0.05, 0.1) is 0 Å². The highest BCUT2D eigenvalue weighted by Crippen LogP contribution is 2.36. The highest BCUT2D eigenvalue weighted by atomic mass is 16.2. The van der Waals surface area contributed by atoms with E-state index in [9.17, 15) is 28.8 Å². The Labute approximate surface area is 425 Å². The third-order valence-electron chi connectivity index (χ3n) is 14.1. The first kappa shape index (κ1) is 45.1. The van der Waals surface area contributed by atoms with Crippen molar-refractivity contribution < 1.29 is 28.8 Å². The lowest BCUT2D eigenvalue weighted by atomic mass is 9.82. The maximum atomic E-state index is 12.9. The number of benzene rings is 11. The molecular weight excluding hydrogens is 913 g/mol. The number of hydrogen-bond acceptors (Lipinski definition) is 6. The molecule has 11 aromatic carbocycles. The van der Waals surface area contributed by atoms with Crippen LogP contribution >= 0.6 is 0 Å². The van der Waals surface area contributed by atoms with Gasteiger partial charge in [-0.2, -0.15) is 0 Å². The molecule has 11 aromatic rings. The number of carbonyl (C=O) groups is 6. The quantitative estimate of drug-likeness (QED) is 0.175. The Hall–Kier alpha value is -10.0. The molecule has 3 aliphatic carbocycles. The lowest BCUT2D eigenvalue weighted by Gasteiger charge is -2.18. The molecule has 0 unspecified atom stereocenters. The Bertz CT molecular complexity index is 4190. The lowest BCUT2D eigenvalue weighted by Crippen LogP contribution is -2.20. The summed E-state index contributed by atoms with van der Waals surface area (Å²) in [6, 6.07) is 76.2. The molecule has 0 spiro atoms. The minimum Gasteiger partial charge on any atom is -0.289 e. The summed E-state index contributed by atoms with van der Waals surface area (Å²) in [5, 5.41) is 4.60. The van der Waals surface area contributed by atoms with Crippen LogP contribution in [0.15, 0.2) is 243 Å². The van der Waals surface area contributed by atoms with Crippen LogP contribution in [0.25, 0.3) is 54.9 Å². The van der Waals surface area contributed by atoms with Crippen molar-refractivity contribution in [3.8, 4) is 33.4 Å². The maximum absolute atomic E-state index is 12.9. The van der Waals surface area contributed by atoms with Crippen LogP contribution in [0.4, 0.5) is 0 Å². The highest BCUT2D eigenvalue weighted by Gasteiger charge is 2.32. The summed E-state index contributed by atoms with van der Waals surface area (Å²) >= 11 is 0. The summed E-state index contributed by atoms with van der Waals surface area (Å²) in [7, 11) is 0. The molecule has 6 heteroatoms. The van der Waals surface area contributed by atoms with Gasteiger partial charge in [-0.05, 0) is 97.4 Å². The van der Waals surface area contributed by atoms with E-state index >= 15 is 0 Å². The van der Waals surface area contributed by atoms with E-state index in [2.05, 4.69) is 42.5 Å². The van der Waals surface area contributed by atoms with Crippen LogP contribution in [-0.4, -0.2) is 34.7 Å². The van der Waals surface area contributed by atoms with Gasteiger partial charge < -0.3 is 0 Å². The summed E-state index contributed by atoms with van der Waals surface area (Å²) in [5.41, 5.74) is 11.8. The van der Waals surface area contributed by atoms with Gasteiger partial charge in [0.15, 0.2) is 34.7 Å². The molecular formula is C68H40O6. The SMILES string of the molecule is O=C1c2ccccc2C(=O)c2cc(-c3ccc4ccccc4c3)ccc21.O=C1c2ccccc2C(=O)c2cc(-c3cccc4ccccc34)ccc21.O=C1c2ccccc2C(=O)c2cc(-c3ccccc3)ccc21. The van der Waals surface area contributed by atoms with Crippen molar-refractivity contribution in [2.24, 2.45) is 0 Å². The minimum absolute atomic E-state index is 0.0789. The maximum Gasteiger partial charge on any atom is 0.194 e. The van der Waals surface area contributed by atoms with Crippen molar-refractivity contribution in [3.63, 3.8) is 0 Å². The molecule has 0 heterocycles. The van der Waals surface area contributed by atoms with E-state index in [1.807, 2.05) is 109 Å². The molecule has 0 aromatic heterocycles. The Kier molecular flexibility index (Phi) is 11.3. The molecule has 0 saturated carbocycles. The fourth-order valence-corrected chi connectivity index (χ4v) is 10.3. The Morgan fingerprint density at radius 1 is 0.162 bits per heavy atom. The molecule has 3 aliphatic rings. The average molecular weight is 953 g/mol. The van der Waals surface area contributed by atoms with Crippen molar-refractivity contribution in [2.45, 2.75) is 0 Å². The smallest absolute Gasteiger partial charge is 0.194 e. The normalized spacial score (nSPS) is 12.8. The zero-order valence-corrected chi connectivity index (χ0v) is 39.5. The van der Waals surface area contributed by atoms with Crippen molar-refractivity contribution >= 4 is 56.2 Å². The van der Waals surface area contributed by atoms with Crippen LogP contribution in [0.5, 0.6) is 0 Å². The summed E-state index contributed by atoms with van der Waals surface area (Å²) in [6.07, 6.45) is 0. The molecule has 0 radical (unpaired) electrons. The summed E-state index contributed by atoms with van der Waals surface area (Å²) in [4.78, 5) is 76.6. The molecule has 6 nitrogen and oxygen atoms in total. The number of rotatable bonds is 3. The van der Waals surface area contributed by atoms with Gasteiger partial charge in [0.25, 0.3) is 0 Å². The Balaban J connectivity index is 0.000000113. The van der Waals surface area contributed by atoms with E-state index in [1.54, 1.807) is 91.0 Å². The molecule has 0 N–H and O–H groups in total. The molecule has 0 bridgehead atoms. The summed E-state index contributed by atoms with van der Waals surface area (Å²) < 4.78 is 0. The van der Waals surface area contributed by atoms with E-state index in [1.165, 1.54) is 5.39 Å². The molecule has 348 valence electrons. The number of ketones is 6. The van der Waals surface area contributed by atoms with E-state index in [4.69, 9.17) is 0 Å². The van der Waals surface area contributed by atoms with Crippen LogP contribution in [0, 0.1) is 0 Å². The monoisotopic (exact) mass is 952 g/mol. The second kappa shape index (κ2) is 18.6. The Morgan fingerprint density at radius 3 is 0.973 bits per heavy atom. The van der Waals surface area contributed by atoms with Gasteiger partial charge in [-0.3, -0.25) is 28.8 Å². The first-order valence-corrected chi connectivity index (χ1v) is 24.2. The van der Waals surface area contributed by atoms with Gasteiger partial charge in [-0.25, -0.2) is 0 Å². The summed E-state index contributed by atoms with van der Waals surface area (Å²) in [6.45, 7) is 0. The summed E-state index contributed by atoms with van der Waals surface area (Å²) in [5.74, 6) is -0.497. The molecule has 0 aliphatic heterocycles. The van der Waals surface area contributed by atoms with E-state index in [0.29, 0.717) is 66.8 Å². The second-order valence-corrected chi connectivity index (χ2v) is 18.3. The molecule has 74 heavy (non-hydrogen) atoms. The molecule has 0 fully saturated rings. The van der Waals surface area contributed by atoms with Gasteiger partial charge in [-0.1, -0.05) is 200 Å². The number of fused-ring (bicyclic) bond motifs is 8. The van der Waals surface area contributed by atoms with Crippen molar-refractivity contribution in [1.29, 1.82) is 0 Å². The number of carbonyl (C=O) groups excluding carboxylic acids is 6. The van der Waals surface area contributed by atoms with Crippen molar-refractivity contribution in [1.82, 2.24) is 0 Å². The van der Waals surface area contributed by atoms with Crippen LogP contribution in [0.3, 0.4) is 0 Å². The molecule has 14 rings (SSSR count). The van der Waals surface area contributed by atoms with Gasteiger partial charge >= 0.3 is 0 Å². The fraction of sp³-hybridized carbons (Fsp3) is 0. The van der Waals surface area contributed by atoms with Crippen LogP contribution < -0.4 is 0 Å². The Morgan fingerprint density at radius 2 is 0.473 bits per heavy atom. The van der Waals surface area contributed by atoms with Gasteiger partial charge in [-0.15, -0.1) is 0 Å². The van der Waals surface area contributed by atoms with Crippen LogP contribution in [-0.2, 0) is 0 Å². The molecule has 0 amide bonds. The lowest BCUT2D eigenvalue weighted by molar-refractivity contribution is 0.0979. The van der Waals surface area contributed by atoms with E-state index in [-0.39, 0.29) is 34.7 Å². The third kappa shape index (κ3) is 7.88. The van der Waals surface area contributed by atoms with Gasteiger partial charge in [0, 0.05) is 66.8 Å². The zero-order valence-electron chi connectivity index (χ0n) is 39.5. The predicted molar refractivity (Wildman–Crippen MR) is 291 cm³/mol. The van der Waals surface area contributed by atoms with Crippen molar-refractivity contribution in [3.05, 3.63) is 309 Å². The first-order chi connectivity index (χ1) is 36.2. The second-order valence-electron chi connectivity index (χ2n) is 18.3. The molecule has 0 saturated heterocycles. The zero-order chi connectivity index (χ0) is 50.5. The standard InChI is InChI=1S/2C24H14O2.C20H12O2/c25-23-19-9-3-4-10-20(19)24(26)22-14-16(12-13-21(22)23)18-11-5-7-15-6-1-2-8-17(15)18;25-23-19-7-3-4-8-20(19)24(26)22-14-18(11-12-21(22)23)17-10-9-15-5-1-2-6-16(15)13-17;21-19-15-8-4-5-9-16(15)20(22)18-12-14(10-11-17(18)19)13-6-2-1-3-7-13/h2*1-14H;1-12H. The highest BCUT2D eigenvalue weighted by molar-refractivity contribution is 6.30.